The van der Waals surface area contributed by atoms with Gasteiger partial charge in [-0.05, 0) is 30.7 Å². The first-order valence-electron chi connectivity index (χ1n) is 4.53. The molecular weight excluding hydrogens is 287 g/mol. The Morgan fingerprint density at radius 3 is 2.31 bits per heavy atom. The van der Waals surface area contributed by atoms with Gasteiger partial charge in [0, 0.05) is 10.5 Å². The van der Waals surface area contributed by atoms with Crippen molar-refractivity contribution in [1.82, 2.24) is 0 Å². The highest BCUT2D eigenvalue weighted by molar-refractivity contribution is 9.10. The number of alkyl halides is 3. The van der Waals surface area contributed by atoms with Gasteiger partial charge < -0.3 is 10.8 Å². The van der Waals surface area contributed by atoms with Gasteiger partial charge in [0.15, 0.2) is 0 Å². The highest BCUT2D eigenvalue weighted by Crippen LogP contribution is 2.33. The number of nitrogens with two attached hydrogens (primary N) is 1. The minimum atomic E-state index is -4.43. The maximum absolute atomic E-state index is 12.5. The van der Waals surface area contributed by atoms with Crippen LogP contribution in [0, 0.1) is 0 Å². The van der Waals surface area contributed by atoms with Crippen molar-refractivity contribution < 1.29 is 18.3 Å². The molecular formula is C10H11BrF3NO. The molecule has 1 rings (SSSR count). The Bertz CT molecular complexity index is 379. The van der Waals surface area contributed by atoms with E-state index in [1.807, 2.05) is 0 Å². The van der Waals surface area contributed by atoms with Crippen LogP contribution in [0.4, 0.5) is 13.2 Å². The number of aliphatic hydroxyl groups excluding tert-OH is 1. The predicted molar refractivity (Wildman–Crippen MR) is 57.8 cm³/mol. The summed E-state index contributed by atoms with van der Waals surface area (Å²) in [4.78, 5) is 0. The SMILES string of the molecule is C[C@@H](N)[C@@H](O)c1cc(Br)cc(C(F)(F)F)c1. The number of hydrogen-bond donors (Lipinski definition) is 2. The van der Waals surface area contributed by atoms with Gasteiger partial charge in [0.25, 0.3) is 0 Å². The summed E-state index contributed by atoms with van der Waals surface area (Å²) >= 11 is 2.97. The van der Waals surface area contributed by atoms with E-state index in [1.54, 1.807) is 0 Å². The average molecular weight is 298 g/mol. The first kappa shape index (κ1) is 13.5. The van der Waals surface area contributed by atoms with Crippen molar-refractivity contribution >= 4 is 15.9 Å². The van der Waals surface area contributed by atoms with Crippen molar-refractivity contribution in [2.24, 2.45) is 5.73 Å². The molecule has 16 heavy (non-hydrogen) atoms. The summed E-state index contributed by atoms with van der Waals surface area (Å²) in [6.45, 7) is 1.53. The number of benzene rings is 1. The average Bonchev–Trinajstić information content (AvgIpc) is 2.14. The molecule has 0 heterocycles. The standard InChI is InChI=1S/C10H11BrF3NO/c1-5(15)9(16)6-2-7(10(12,13)14)4-8(11)3-6/h2-5,9,16H,15H2,1H3/t5-,9-/m1/s1. The van der Waals surface area contributed by atoms with Gasteiger partial charge in [0.1, 0.15) is 0 Å². The number of rotatable bonds is 2. The van der Waals surface area contributed by atoms with Crippen LogP contribution in [0.25, 0.3) is 0 Å². The maximum Gasteiger partial charge on any atom is 0.416 e. The van der Waals surface area contributed by atoms with Crippen molar-refractivity contribution in [3.8, 4) is 0 Å². The molecule has 0 radical (unpaired) electrons. The Morgan fingerprint density at radius 2 is 1.88 bits per heavy atom. The topological polar surface area (TPSA) is 46.2 Å². The Morgan fingerprint density at radius 1 is 1.31 bits per heavy atom. The summed E-state index contributed by atoms with van der Waals surface area (Å²) < 4.78 is 37.7. The van der Waals surface area contributed by atoms with Crippen LogP contribution in [0.15, 0.2) is 22.7 Å². The fourth-order valence-electron chi connectivity index (χ4n) is 1.25. The van der Waals surface area contributed by atoms with Crippen LogP contribution in [-0.4, -0.2) is 11.1 Å². The zero-order chi connectivity index (χ0) is 12.5. The van der Waals surface area contributed by atoms with E-state index in [0.717, 1.165) is 12.1 Å². The minimum Gasteiger partial charge on any atom is -0.387 e. The van der Waals surface area contributed by atoms with Crippen LogP contribution in [0.1, 0.15) is 24.2 Å². The lowest BCUT2D eigenvalue weighted by atomic mass is 10.0. The molecule has 0 bridgehead atoms. The summed E-state index contributed by atoms with van der Waals surface area (Å²) in [6.07, 6.45) is -5.55. The molecule has 0 aliphatic heterocycles. The van der Waals surface area contributed by atoms with Crippen molar-refractivity contribution in [3.05, 3.63) is 33.8 Å². The summed E-state index contributed by atoms with van der Waals surface area (Å²) in [7, 11) is 0. The molecule has 1 aromatic rings. The van der Waals surface area contributed by atoms with Crippen LogP contribution < -0.4 is 5.73 Å². The van der Waals surface area contributed by atoms with Crippen molar-refractivity contribution in [2.45, 2.75) is 25.2 Å². The van der Waals surface area contributed by atoms with Crippen LogP contribution in [-0.2, 0) is 6.18 Å². The largest absolute Gasteiger partial charge is 0.416 e. The molecule has 3 N–H and O–H groups in total. The fourth-order valence-corrected chi connectivity index (χ4v) is 1.76. The molecule has 2 nitrogen and oxygen atoms in total. The van der Waals surface area contributed by atoms with E-state index in [1.165, 1.54) is 13.0 Å². The molecule has 2 atom stereocenters. The van der Waals surface area contributed by atoms with Crippen molar-refractivity contribution in [3.63, 3.8) is 0 Å². The summed E-state index contributed by atoms with van der Waals surface area (Å²) in [5, 5.41) is 9.60. The monoisotopic (exact) mass is 297 g/mol. The van der Waals surface area contributed by atoms with E-state index < -0.39 is 23.9 Å². The van der Waals surface area contributed by atoms with Crippen LogP contribution in [0.3, 0.4) is 0 Å². The normalized spacial score (nSPS) is 15.9. The van der Waals surface area contributed by atoms with Gasteiger partial charge in [-0.25, -0.2) is 0 Å². The van der Waals surface area contributed by atoms with E-state index in [4.69, 9.17) is 5.73 Å². The van der Waals surface area contributed by atoms with E-state index in [2.05, 4.69) is 15.9 Å². The number of hydrogen-bond acceptors (Lipinski definition) is 2. The molecule has 6 heteroatoms. The zero-order valence-electron chi connectivity index (χ0n) is 8.42. The zero-order valence-corrected chi connectivity index (χ0v) is 10.0. The Hall–Kier alpha value is -0.590. The Balaban J connectivity index is 3.18. The molecule has 0 aliphatic rings. The van der Waals surface area contributed by atoms with Gasteiger partial charge in [0.2, 0.25) is 0 Å². The van der Waals surface area contributed by atoms with Gasteiger partial charge in [-0.15, -0.1) is 0 Å². The number of halogens is 4. The quantitative estimate of drug-likeness (QED) is 0.882. The third-order valence-corrected chi connectivity index (χ3v) is 2.54. The Kier molecular flexibility index (Phi) is 3.98. The van der Waals surface area contributed by atoms with E-state index >= 15 is 0 Å². The van der Waals surface area contributed by atoms with Gasteiger partial charge in [-0.3, -0.25) is 0 Å². The lowest BCUT2D eigenvalue weighted by Gasteiger charge is -2.17. The first-order chi connectivity index (χ1) is 7.21. The molecule has 0 amide bonds. The molecule has 0 fully saturated rings. The summed E-state index contributed by atoms with van der Waals surface area (Å²) in [5.41, 5.74) is 4.77. The van der Waals surface area contributed by atoms with Crippen LogP contribution in [0.5, 0.6) is 0 Å². The second kappa shape index (κ2) is 4.73. The molecule has 1 aromatic carbocycles. The highest BCUT2D eigenvalue weighted by Gasteiger charge is 2.31. The second-order valence-corrected chi connectivity index (χ2v) is 4.49. The lowest BCUT2D eigenvalue weighted by Crippen LogP contribution is -2.24. The van der Waals surface area contributed by atoms with Crippen molar-refractivity contribution in [1.29, 1.82) is 0 Å². The van der Waals surface area contributed by atoms with Crippen LogP contribution >= 0.6 is 15.9 Å². The van der Waals surface area contributed by atoms with E-state index in [9.17, 15) is 18.3 Å². The van der Waals surface area contributed by atoms with Gasteiger partial charge in [0.05, 0.1) is 11.7 Å². The number of aliphatic hydroxyl groups is 1. The third kappa shape index (κ3) is 3.20. The molecule has 90 valence electrons. The second-order valence-electron chi connectivity index (χ2n) is 3.57. The van der Waals surface area contributed by atoms with E-state index in [-0.39, 0.29) is 10.0 Å². The summed E-state index contributed by atoms with van der Waals surface area (Å²) in [5.74, 6) is 0. The molecule has 0 aliphatic carbocycles. The van der Waals surface area contributed by atoms with Crippen LogP contribution in [0.2, 0.25) is 0 Å². The molecule has 0 spiro atoms. The van der Waals surface area contributed by atoms with Gasteiger partial charge in [-0.2, -0.15) is 13.2 Å². The van der Waals surface area contributed by atoms with E-state index in [0.29, 0.717) is 0 Å². The highest BCUT2D eigenvalue weighted by atomic mass is 79.9. The minimum absolute atomic E-state index is 0.150. The predicted octanol–water partition coefficient (Wildman–Crippen LogP) is 2.85. The van der Waals surface area contributed by atoms with Gasteiger partial charge in [-0.1, -0.05) is 15.9 Å². The van der Waals surface area contributed by atoms with Gasteiger partial charge >= 0.3 is 6.18 Å². The first-order valence-corrected chi connectivity index (χ1v) is 5.32. The smallest absolute Gasteiger partial charge is 0.387 e. The molecule has 0 saturated heterocycles. The third-order valence-electron chi connectivity index (χ3n) is 2.09. The molecule has 0 saturated carbocycles. The molecule has 0 aromatic heterocycles. The van der Waals surface area contributed by atoms with Crippen molar-refractivity contribution in [2.75, 3.05) is 0 Å². The summed E-state index contributed by atoms with van der Waals surface area (Å²) in [6, 6.07) is 2.65. The Labute approximate surface area is 99.4 Å². The lowest BCUT2D eigenvalue weighted by molar-refractivity contribution is -0.137. The fraction of sp³-hybridized carbons (Fsp3) is 0.400. The molecule has 0 unspecified atom stereocenters. The maximum atomic E-state index is 12.5.